The molecule has 0 atom stereocenters. The second kappa shape index (κ2) is 10.5. The minimum Gasteiger partial charge on any atom is -0.489 e. The Morgan fingerprint density at radius 2 is 1.76 bits per heavy atom. The van der Waals surface area contributed by atoms with Crippen molar-refractivity contribution in [3.05, 3.63) is 94.0 Å². The third kappa shape index (κ3) is 6.82. The highest BCUT2D eigenvalue weighted by Gasteiger charge is 2.04. The van der Waals surface area contributed by atoms with E-state index in [1.54, 1.807) is 42.5 Å². The van der Waals surface area contributed by atoms with Gasteiger partial charge in [0.25, 0.3) is 5.91 Å². The number of nitrogens with zero attached hydrogens (tertiary/aromatic N) is 1. The van der Waals surface area contributed by atoms with Gasteiger partial charge in [-0.15, -0.1) is 0 Å². The molecular weight excluding hydrogens is 411 g/mol. The van der Waals surface area contributed by atoms with E-state index in [1.165, 1.54) is 6.21 Å². The summed E-state index contributed by atoms with van der Waals surface area (Å²) in [5.74, 6) is 0.384. The molecule has 0 aliphatic rings. The summed E-state index contributed by atoms with van der Waals surface area (Å²) in [5.41, 5.74) is 2.36. The van der Waals surface area contributed by atoms with Gasteiger partial charge >= 0.3 is 0 Å². The molecule has 3 aromatic carbocycles. The van der Waals surface area contributed by atoms with Crippen LogP contribution in [-0.4, -0.2) is 18.7 Å². The largest absolute Gasteiger partial charge is 0.489 e. The van der Waals surface area contributed by atoms with Crippen LogP contribution in [-0.2, 0) is 16.2 Å². The van der Waals surface area contributed by atoms with Crippen molar-refractivity contribution in [3.8, 4) is 5.75 Å². The second-order valence-corrected chi connectivity index (χ2v) is 6.86. The SMILES string of the molecule is O=C(CON=Cc1ccc(Cl)cc1Cl)Nc1ccc(OCc2ccccc2)cc1. The first-order chi connectivity index (χ1) is 14.1. The number of hydrogen-bond donors (Lipinski definition) is 1. The highest BCUT2D eigenvalue weighted by molar-refractivity contribution is 6.36. The van der Waals surface area contributed by atoms with Crippen LogP contribution in [0.1, 0.15) is 11.1 Å². The van der Waals surface area contributed by atoms with Gasteiger partial charge in [-0.1, -0.05) is 64.8 Å². The highest BCUT2D eigenvalue weighted by Crippen LogP contribution is 2.19. The minimum atomic E-state index is -0.331. The molecule has 0 radical (unpaired) electrons. The van der Waals surface area contributed by atoms with Crippen molar-refractivity contribution in [2.45, 2.75) is 6.61 Å². The van der Waals surface area contributed by atoms with Crippen LogP contribution in [0.5, 0.6) is 5.75 Å². The van der Waals surface area contributed by atoms with Crippen molar-refractivity contribution in [1.29, 1.82) is 0 Å². The molecule has 0 saturated heterocycles. The van der Waals surface area contributed by atoms with E-state index in [2.05, 4.69) is 10.5 Å². The van der Waals surface area contributed by atoms with E-state index in [-0.39, 0.29) is 12.5 Å². The Morgan fingerprint density at radius 3 is 2.48 bits per heavy atom. The summed E-state index contributed by atoms with van der Waals surface area (Å²) in [6, 6.07) is 22.0. The maximum Gasteiger partial charge on any atom is 0.265 e. The van der Waals surface area contributed by atoms with Crippen LogP contribution in [0.25, 0.3) is 0 Å². The number of carbonyl (C=O) groups excluding carboxylic acids is 1. The Balaban J connectivity index is 1.42. The van der Waals surface area contributed by atoms with Gasteiger partial charge in [0.2, 0.25) is 0 Å². The Kier molecular flexibility index (Phi) is 7.50. The van der Waals surface area contributed by atoms with Gasteiger partial charge in [-0.3, -0.25) is 4.79 Å². The molecule has 29 heavy (non-hydrogen) atoms. The molecule has 0 aliphatic carbocycles. The van der Waals surface area contributed by atoms with Crippen molar-refractivity contribution >= 4 is 41.0 Å². The smallest absolute Gasteiger partial charge is 0.265 e. The van der Waals surface area contributed by atoms with Gasteiger partial charge in [0.05, 0.1) is 11.2 Å². The molecule has 0 saturated carbocycles. The lowest BCUT2D eigenvalue weighted by Crippen LogP contribution is -2.16. The van der Waals surface area contributed by atoms with E-state index < -0.39 is 0 Å². The number of halogens is 2. The molecule has 1 N–H and O–H groups in total. The molecule has 7 heteroatoms. The molecule has 3 aromatic rings. The number of nitrogens with one attached hydrogen (secondary N) is 1. The summed E-state index contributed by atoms with van der Waals surface area (Å²) >= 11 is 11.9. The molecule has 1 amide bonds. The van der Waals surface area contributed by atoms with Gasteiger partial charge in [-0.05, 0) is 42.0 Å². The highest BCUT2D eigenvalue weighted by atomic mass is 35.5. The Hall–Kier alpha value is -3.02. The number of amides is 1. The fourth-order valence-corrected chi connectivity index (χ4v) is 2.83. The third-order valence-electron chi connectivity index (χ3n) is 3.81. The lowest BCUT2D eigenvalue weighted by atomic mass is 10.2. The molecule has 3 rings (SSSR count). The molecule has 5 nitrogen and oxygen atoms in total. The second-order valence-electron chi connectivity index (χ2n) is 6.02. The number of ether oxygens (including phenoxy) is 1. The molecule has 0 aromatic heterocycles. The fourth-order valence-electron chi connectivity index (χ4n) is 2.37. The van der Waals surface area contributed by atoms with Crippen molar-refractivity contribution in [1.82, 2.24) is 0 Å². The van der Waals surface area contributed by atoms with Crippen LogP contribution in [0.3, 0.4) is 0 Å². The summed E-state index contributed by atoms with van der Waals surface area (Å²) in [5, 5.41) is 7.45. The molecule has 0 spiro atoms. The topological polar surface area (TPSA) is 59.9 Å². The number of anilines is 1. The van der Waals surface area contributed by atoms with E-state index in [0.29, 0.717) is 33.7 Å². The average Bonchev–Trinajstić information content (AvgIpc) is 2.73. The zero-order valence-electron chi connectivity index (χ0n) is 15.3. The average molecular weight is 429 g/mol. The van der Waals surface area contributed by atoms with Crippen LogP contribution in [0, 0.1) is 0 Å². The summed E-state index contributed by atoms with van der Waals surface area (Å²) in [6.45, 7) is 0.254. The van der Waals surface area contributed by atoms with Crippen molar-refractivity contribution in [3.63, 3.8) is 0 Å². The lowest BCUT2D eigenvalue weighted by Gasteiger charge is -2.08. The van der Waals surface area contributed by atoms with Gasteiger partial charge in [0, 0.05) is 16.3 Å². The van der Waals surface area contributed by atoms with Gasteiger partial charge in [0.15, 0.2) is 6.61 Å². The molecule has 0 heterocycles. The van der Waals surface area contributed by atoms with Gasteiger partial charge < -0.3 is 14.9 Å². The number of benzene rings is 3. The number of rotatable bonds is 8. The molecule has 0 aliphatic heterocycles. The lowest BCUT2D eigenvalue weighted by molar-refractivity contribution is -0.120. The van der Waals surface area contributed by atoms with Crippen molar-refractivity contribution in [2.75, 3.05) is 11.9 Å². The summed E-state index contributed by atoms with van der Waals surface area (Å²) in [6.07, 6.45) is 1.42. The molecule has 0 fully saturated rings. The standard InChI is InChI=1S/C22H18Cl2N2O3/c23-18-7-6-17(21(24)12-18)13-25-29-15-22(27)26-19-8-10-20(11-9-19)28-14-16-4-2-1-3-5-16/h1-13H,14-15H2,(H,26,27). The zero-order valence-corrected chi connectivity index (χ0v) is 16.9. The zero-order chi connectivity index (χ0) is 20.5. The summed E-state index contributed by atoms with van der Waals surface area (Å²) in [4.78, 5) is 17.0. The monoisotopic (exact) mass is 428 g/mol. The van der Waals surface area contributed by atoms with E-state index >= 15 is 0 Å². The van der Waals surface area contributed by atoms with Crippen LogP contribution in [0.4, 0.5) is 5.69 Å². The third-order valence-corrected chi connectivity index (χ3v) is 4.37. The number of hydrogen-bond acceptors (Lipinski definition) is 4. The Labute approximate surface area is 178 Å². The predicted octanol–water partition coefficient (Wildman–Crippen LogP) is 5.56. The summed E-state index contributed by atoms with van der Waals surface area (Å²) in [7, 11) is 0. The Bertz CT molecular complexity index is 977. The quantitative estimate of drug-likeness (QED) is 0.377. The first-order valence-electron chi connectivity index (χ1n) is 8.77. The van der Waals surface area contributed by atoms with E-state index in [1.807, 2.05) is 30.3 Å². The van der Waals surface area contributed by atoms with Crippen molar-refractivity contribution < 1.29 is 14.4 Å². The number of carbonyl (C=O) groups is 1. The fraction of sp³-hybridized carbons (Fsp3) is 0.0909. The first-order valence-corrected chi connectivity index (χ1v) is 9.53. The molecular formula is C22H18Cl2N2O3. The van der Waals surface area contributed by atoms with Gasteiger partial charge in [0.1, 0.15) is 12.4 Å². The van der Waals surface area contributed by atoms with Gasteiger partial charge in [-0.2, -0.15) is 0 Å². The molecule has 0 bridgehead atoms. The normalized spacial score (nSPS) is 10.7. The molecule has 0 unspecified atom stereocenters. The maximum absolute atomic E-state index is 11.9. The van der Waals surface area contributed by atoms with E-state index in [9.17, 15) is 4.79 Å². The van der Waals surface area contributed by atoms with Crippen molar-refractivity contribution in [2.24, 2.45) is 5.16 Å². The van der Waals surface area contributed by atoms with Crippen LogP contribution in [0.15, 0.2) is 78.0 Å². The first kappa shape index (κ1) is 20.7. The number of oxime groups is 1. The predicted molar refractivity (Wildman–Crippen MR) is 116 cm³/mol. The molecule has 148 valence electrons. The van der Waals surface area contributed by atoms with Crippen LogP contribution in [0.2, 0.25) is 10.0 Å². The minimum absolute atomic E-state index is 0.228. The van der Waals surface area contributed by atoms with Gasteiger partial charge in [-0.25, -0.2) is 0 Å². The maximum atomic E-state index is 11.9. The van der Waals surface area contributed by atoms with Crippen LogP contribution < -0.4 is 10.1 Å². The van der Waals surface area contributed by atoms with Crippen LogP contribution >= 0.6 is 23.2 Å². The van der Waals surface area contributed by atoms with E-state index in [4.69, 9.17) is 32.8 Å². The summed E-state index contributed by atoms with van der Waals surface area (Å²) < 4.78 is 5.71. The van der Waals surface area contributed by atoms with E-state index in [0.717, 1.165) is 5.56 Å². The Morgan fingerprint density at radius 1 is 1.00 bits per heavy atom.